The van der Waals surface area contributed by atoms with Crippen LogP contribution in [0.3, 0.4) is 0 Å². The Labute approximate surface area is 171 Å². The highest BCUT2D eigenvalue weighted by atomic mass is 32.1. The SMILES string of the molecule is CCCCCCCCNC(=O)C1CCc2sc(NC(=O)c3ccccc3)nc21. The number of nitrogens with zero attached hydrogens (tertiary/aromatic N) is 1. The van der Waals surface area contributed by atoms with Crippen molar-refractivity contribution in [2.45, 2.75) is 64.2 Å². The molecule has 2 amide bonds. The van der Waals surface area contributed by atoms with Crippen LogP contribution in [0, 0.1) is 0 Å². The van der Waals surface area contributed by atoms with Crippen LogP contribution in [0.15, 0.2) is 30.3 Å². The highest BCUT2D eigenvalue weighted by Gasteiger charge is 2.32. The Morgan fingerprint density at radius 1 is 1.11 bits per heavy atom. The van der Waals surface area contributed by atoms with Gasteiger partial charge >= 0.3 is 0 Å². The molecule has 0 spiro atoms. The molecular formula is C22H29N3O2S. The van der Waals surface area contributed by atoms with Gasteiger partial charge in [0.1, 0.15) is 0 Å². The number of benzene rings is 1. The molecule has 0 bridgehead atoms. The van der Waals surface area contributed by atoms with Crippen molar-refractivity contribution in [3.63, 3.8) is 0 Å². The third-order valence-corrected chi connectivity index (χ3v) is 6.17. The Morgan fingerprint density at radius 3 is 2.64 bits per heavy atom. The Hall–Kier alpha value is -2.21. The highest BCUT2D eigenvalue weighted by molar-refractivity contribution is 7.16. The molecule has 1 aromatic heterocycles. The molecule has 6 heteroatoms. The number of carbonyl (C=O) groups excluding carboxylic acids is 2. The first-order chi connectivity index (χ1) is 13.7. The lowest BCUT2D eigenvalue weighted by Crippen LogP contribution is -2.29. The van der Waals surface area contributed by atoms with Crippen LogP contribution in [-0.4, -0.2) is 23.3 Å². The number of aromatic nitrogens is 1. The third-order valence-electron chi connectivity index (χ3n) is 5.12. The fourth-order valence-corrected chi connectivity index (χ4v) is 4.57. The van der Waals surface area contributed by atoms with E-state index >= 15 is 0 Å². The zero-order valence-corrected chi connectivity index (χ0v) is 17.3. The minimum Gasteiger partial charge on any atom is -0.356 e. The van der Waals surface area contributed by atoms with Gasteiger partial charge in [0.2, 0.25) is 5.91 Å². The summed E-state index contributed by atoms with van der Waals surface area (Å²) >= 11 is 1.48. The van der Waals surface area contributed by atoms with Gasteiger partial charge in [-0.25, -0.2) is 4.98 Å². The summed E-state index contributed by atoms with van der Waals surface area (Å²) < 4.78 is 0. The van der Waals surface area contributed by atoms with Crippen LogP contribution in [0.1, 0.15) is 78.7 Å². The molecule has 0 radical (unpaired) electrons. The molecule has 0 aliphatic heterocycles. The van der Waals surface area contributed by atoms with E-state index in [1.54, 1.807) is 12.1 Å². The Bertz CT molecular complexity index is 788. The number of thiazole rings is 1. The van der Waals surface area contributed by atoms with E-state index in [1.165, 1.54) is 43.4 Å². The number of carbonyl (C=O) groups is 2. The van der Waals surface area contributed by atoms with E-state index in [0.29, 0.717) is 10.7 Å². The number of aryl methyl sites for hydroxylation is 1. The third kappa shape index (κ3) is 5.41. The predicted octanol–water partition coefficient (Wildman–Crippen LogP) is 4.90. The molecule has 1 aliphatic rings. The summed E-state index contributed by atoms with van der Waals surface area (Å²) in [5.74, 6) is -0.288. The maximum Gasteiger partial charge on any atom is 0.257 e. The monoisotopic (exact) mass is 399 g/mol. The van der Waals surface area contributed by atoms with Crippen molar-refractivity contribution in [2.75, 3.05) is 11.9 Å². The van der Waals surface area contributed by atoms with Crippen molar-refractivity contribution in [3.8, 4) is 0 Å². The van der Waals surface area contributed by atoms with Gasteiger partial charge in [0, 0.05) is 17.0 Å². The van der Waals surface area contributed by atoms with Gasteiger partial charge in [-0.3, -0.25) is 14.9 Å². The normalized spacial score (nSPS) is 15.2. The fourth-order valence-electron chi connectivity index (χ4n) is 3.53. The number of fused-ring (bicyclic) bond motifs is 1. The first-order valence-electron chi connectivity index (χ1n) is 10.3. The Kier molecular flexibility index (Phi) is 7.60. The maximum absolute atomic E-state index is 12.6. The largest absolute Gasteiger partial charge is 0.356 e. The Morgan fingerprint density at radius 2 is 1.86 bits per heavy atom. The average Bonchev–Trinajstić information content (AvgIpc) is 3.28. The van der Waals surface area contributed by atoms with E-state index in [0.717, 1.165) is 36.4 Å². The molecule has 1 atom stereocenters. The van der Waals surface area contributed by atoms with E-state index in [-0.39, 0.29) is 17.7 Å². The molecule has 3 rings (SSSR count). The lowest BCUT2D eigenvalue weighted by atomic mass is 10.1. The van der Waals surface area contributed by atoms with Gasteiger partial charge in [-0.2, -0.15) is 0 Å². The minimum absolute atomic E-state index is 0.0681. The molecule has 28 heavy (non-hydrogen) atoms. The topological polar surface area (TPSA) is 71.1 Å². The van der Waals surface area contributed by atoms with Crippen LogP contribution in [-0.2, 0) is 11.2 Å². The Balaban J connectivity index is 1.48. The van der Waals surface area contributed by atoms with E-state index in [9.17, 15) is 9.59 Å². The van der Waals surface area contributed by atoms with Gasteiger partial charge in [0.25, 0.3) is 5.91 Å². The summed E-state index contributed by atoms with van der Waals surface area (Å²) in [6.07, 6.45) is 8.94. The zero-order chi connectivity index (χ0) is 19.8. The summed E-state index contributed by atoms with van der Waals surface area (Å²) in [4.78, 5) is 30.5. The molecule has 0 saturated carbocycles. The van der Waals surface area contributed by atoms with Gasteiger partial charge < -0.3 is 5.32 Å². The minimum atomic E-state index is -0.186. The number of hydrogen-bond donors (Lipinski definition) is 2. The molecule has 1 aromatic carbocycles. The highest BCUT2D eigenvalue weighted by Crippen LogP contribution is 2.38. The summed E-state index contributed by atoms with van der Waals surface area (Å²) in [6.45, 7) is 2.95. The van der Waals surface area contributed by atoms with E-state index in [2.05, 4.69) is 22.5 Å². The standard InChI is InChI=1S/C22H29N3O2S/c1-2-3-4-5-6-10-15-23-21(27)17-13-14-18-19(17)24-22(28-18)25-20(26)16-11-8-7-9-12-16/h7-9,11-12,17H,2-6,10,13-15H2,1H3,(H,23,27)(H,24,25,26). The number of anilines is 1. The van der Waals surface area contributed by atoms with Crippen molar-refractivity contribution in [2.24, 2.45) is 0 Å². The van der Waals surface area contributed by atoms with Crippen LogP contribution < -0.4 is 10.6 Å². The molecule has 0 saturated heterocycles. The van der Waals surface area contributed by atoms with Crippen LogP contribution in [0.25, 0.3) is 0 Å². The average molecular weight is 400 g/mol. The van der Waals surface area contributed by atoms with Crippen molar-refractivity contribution in [1.29, 1.82) is 0 Å². The second-order valence-corrected chi connectivity index (χ2v) is 8.38. The van der Waals surface area contributed by atoms with Gasteiger partial charge in [-0.15, -0.1) is 11.3 Å². The zero-order valence-electron chi connectivity index (χ0n) is 16.5. The predicted molar refractivity (Wildman–Crippen MR) is 114 cm³/mol. The first kappa shape index (κ1) is 20.5. The van der Waals surface area contributed by atoms with Gasteiger partial charge in [0.15, 0.2) is 5.13 Å². The van der Waals surface area contributed by atoms with Crippen molar-refractivity contribution < 1.29 is 9.59 Å². The summed E-state index contributed by atoms with van der Waals surface area (Å²) in [6, 6.07) is 9.09. The summed E-state index contributed by atoms with van der Waals surface area (Å²) in [5, 5.41) is 6.51. The maximum atomic E-state index is 12.6. The van der Waals surface area contributed by atoms with Crippen LogP contribution >= 0.6 is 11.3 Å². The molecule has 1 heterocycles. The summed E-state index contributed by atoms with van der Waals surface area (Å²) in [5.41, 5.74) is 1.44. The smallest absolute Gasteiger partial charge is 0.257 e. The van der Waals surface area contributed by atoms with Crippen molar-refractivity contribution >= 4 is 28.3 Å². The van der Waals surface area contributed by atoms with Gasteiger partial charge in [-0.05, 0) is 31.4 Å². The number of hydrogen-bond acceptors (Lipinski definition) is 4. The van der Waals surface area contributed by atoms with Crippen molar-refractivity contribution in [3.05, 3.63) is 46.5 Å². The second kappa shape index (κ2) is 10.4. The molecule has 2 aromatic rings. The van der Waals surface area contributed by atoms with Crippen molar-refractivity contribution in [1.82, 2.24) is 10.3 Å². The molecule has 0 fully saturated rings. The number of amides is 2. The number of rotatable bonds is 10. The molecular weight excluding hydrogens is 370 g/mol. The molecule has 1 aliphatic carbocycles. The van der Waals surface area contributed by atoms with Gasteiger partial charge in [-0.1, -0.05) is 57.2 Å². The first-order valence-corrected chi connectivity index (χ1v) is 11.1. The van der Waals surface area contributed by atoms with Crippen LogP contribution in [0.4, 0.5) is 5.13 Å². The number of nitrogens with one attached hydrogen (secondary N) is 2. The molecule has 2 N–H and O–H groups in total. The fraction of sp³-hybridized carbons (Fsp3) is 0.500. The van der Waals surface area contributed by atoms with Gasteiger partial charge in [0.05, 0.1) is 11.6 Å². The van der Waals surface area contributed by atoms with E-state index < -0.39 is 0 Å². The quantitative estimate of drug-likeness (QED) is 0.558. The van der Waals surface area contributed by atoms with Crippen LogP contribution in [0.2, 0.25) is 0 Å². The lowest BCUT2D eigenvalue weighted by molar-refractivity contribution is -0.122. The molecule has 5 nitrogen and oxygen atoms in total. The lowest BCUT2D eigenvalue weighted by Gasteiger charge is -2.10. The van der Waals surface area contributed by atoms with Crippen LogP contribution in [0.5, 0.6) is 0 Å². The molecule has 1 unspecified atom stereocenters. The van der Waals surface area contributed by atoms with E-state index in [4.69, 9.17) is 0 Å². The molecule has 150 valence electrons. The summed E-state index contributed by atoms with van der Waals surface area (Å²) in [7, 11) is 0. The van der Waals surface area contributed by atoms with E-state index in [1.807, 2.05) is 18.2 Å². The second-order valence-electron chi connectivity index (χ2n) is 7.30. The number of unbranched alkanes of at least 4 members (excludes halogenated alkanes) is 5.